The first-order valence-corrected chi connectivity index (χ1v) is 10.9. The number of ether oxygens (including phenoxy) is 2. The highest BCUT2D eigenvalue weighted by Gasteiger charge is 2.53. The summed E-state index contributed by atoms with van der Waals surface area (Å²) in [6.07, 6.45) is 8.22. The van der Waals surface area contributed by atoms with E-state index in [4.69, 9.17) is 21.7 Å². The third kappa shape index (κ3) is 3.25. The van der Waals surface area contributed by atoms with Crippen LogP contribution in [0.25, 0.3) is 0 Å². The van der Waals surface area contributed by atoms with Crippen molar-refractivity contribution in [1.29, 1.82) is 0 Å². The topological polar surface area (TPSA) is 59.6 Å². The van der Waals surface area contributed by atoms with Gasteiger partial charge < -0.3 is 14.8 Å². The Labute approximate surface area is 171 Å². The Morgan fingerprint density at radius 1 is 1.07 bits per heavy atom. The molecule has 28 heavy (non-hydrogen) atoms. The summed E-state index contributed by atoms with van der Waals surface area (Å²) in [5.74, 6) is 3.77. The monoisotopic (exact) mass is 400 g/mol. The summed E-state index contributed by atoms with van der Waals surface area (Å²) in [6, 6.07) is 5.52. The van der Waals surface area contributed by atoms with Gasteiger partial charge in [-0.15, -0.1) is 0 Å². The molecule has 1 atom stereocenters. The van der Waals surface area contributed by atoms with Crippen LogP contribution in [0.3, 0.4) is 0 Å². The van der Waals surface area contributed by atoms with Crippen LogP contribution in [0, 0.1) is 23.2 Å². The molecule has 4 fully saturated rings. The van der Waals surface area contributed by atoms with Gasteiger partial charge in [-0.05, 0) is 99.0 Å². The van der Waals surface area contributed by atoms with Gasteiger partial charge in [0.15, 0.2) is 16.6 Å². The maximum Gasteiger partial charge on any atom is 0.257 e. The largest absolute Gasteiger partial charge is 0.486 e. The van der Waals surface area contributed by atoms with Crippen molar-refractivity contribution < 1.29 is 14.3 Å². The van der Waals surface area contributed by atoms with Crippen LogP contribution in [-0.4, -0.2) is 30.3 Å². The molecule has 1 aromatic carbocycles. The zero-order valence-electron chi connectivity index (χ0n) is 16.3. The number of hydrogen-bond donors (Lipinski definition) is 2. The summed E-state index contributed by atoms with van der Waals surface area (Å²) < 4.78 is 11.1. The second kappa shape index (κ2) is 6.90. The Hall–Kier alpha value is -1.82. The molecule has 4 aliphatic carbocycles. The number of carbonyl (C=O) groups excluding carboxylic acids is 1. The molecule has 5 aliphatic rings. The van der Waals surface area contributed by atoms with Crippen molar-refractivity contribution in [2.75, 3.05) is 13.2 Å². The van der Waals surface area contributed by atoms with E-state index in [2.05, 4.69) is 17.6 Å². The Bertz CT molecular complexity index is 774. The molecule has 2 N–H and O–H groups in total. The number of benzene rings is 1. The second-order valence-corrected chi connectivity index (χ2v) is 9.70. The number of hydrogen-bond acceptors (Lipinski definition) is 4. The lowest BCUT2D eigenvalue weighted by Gasteiger charge is -2.59. The third-order valence-electron chi connectivity index (χ3n) is 7.38. The minimum atomic E-state index is -0.216. The molecule has 0 saturated heterocycles. The van der Waals surface area contributed by atoms with E-state index < -0.39 is 0 Å². The molecule has 0 spiro atoms. The predicted molar refractivity (Wildman–Crippen MR) is 111 cm³/mol. The summed E-state index contributed by atoms with van der Waals surface area (Å²) in [7, 11) is 0. The lowest BCUT2D eigenvalue weighted by Crippen LogP contribution is -2.57. The summed E-state index contributed by atoms with van der Waals surface area (Å²) in [4.78, 5) is 12.6. The van der Waals surface area contributed by atoms with E-state index in [1.54, 1.807) is 18.2 Å². The van der Waals surface area contributed by atoms with Gasteiger partial charge in [0, 0.05) is 11.6 Å². The van der Waals surface area contributed by atoms with E-state index in [9.17, 15) is 4.79 Å². The average Bonchev–Trinajstić information content (AvgIpc) is 2.66. The van der Waals surface area contributed by atoms with Crippen LogP contribution in [0.4, 0.5) is 0 Å². The summed E-state index contributed by atoms with van der Waals surface area (Å²) in [6.45, 7) is 3.28. The van der Waals surface area contributed by atoms with Gasteiger partial charge in [0.1, 0.15) is 13.2 Å². The maximum atomic E-state index is 12.6. The number of nitrogens with one attached hydrogen (secondary N) is 2. The van der Waals surface area contributed by atoms with E-state index in [1.807, 2.05) is 0 Å². The van der Waals surface area contributed by atoms with Crippen molar-refractivity contribution in [3.63, 3.8) is 0 Å². The van der Waals surface area contributed by atoms with Gasteiger partial charge in [0.25, 0.3) is 5.91 Å². The van der Waals surface area contributed by atoms with Gasteiger partial charge in [-0.3, -0.25) is 10.1 Å². The number of rotatable bonds is 3. The quantitative estimate of drug-likeness (QED) is 0.758. The molecule has 1 aromatic rings. The summed E-state index contributed by atoms with van der Waals surface area (Å²) in [5, 5.41) is 6.71. The fraction of sp³-hybridized carbons (Fsp3) is 0.636. The Balaban J connectivity index is 1.22. The number of amides is 1. The lowest BCUT2D eigenvalue weighted by atomic mass is 9.48. The zero-order valence-corrected chi connectivity index (χ0v) is 17.1. The first-order valence-electron chi connectivity index (χ1n) is 10.5. The summed E-state index contributed by atoms with van der Waals surface area (Å²) in [5.41, 5.74) is 0.872. The van der Waals surface area contributed by atoms with Gasteiger partial charge >= 0.3 is 0 Å². The molecule has 0 aromatic heterocycles. The van der Waals surface area contributed by atoms with Gasteiger partial charge in [-0.1, -0.05) is 0 Å². The van der Waals surface area contributed by atoms with E-state index >= 15 is 0 Å². The molecule has 4 bridgehead atoms. The van der Waals surface area contributed by atoms with Crippen LogP contribution in [0.5, 0.6) is 11.5 Å². The SMILES string of the molecule is C[C@H](NC(=S)NC(=O)c1ccc2c(c1)OCCO2)C12CC3CC(CC(C3)C1)C2. The predicted octanol–water partition coefficient (Wildman–Crippen LogP) is 3.67. The molecular formula is C22H28N2O3S. The molecule has 150 valence electrons. The number of carbonyl (C=O) groups is 1. The Kier molecular flexibility index (Phi) is 4.49. The first kappa shape index (κ1) is 18.2. The zero-order chi connectivity index (χ0) is 19.3. The molecule has 1 amide bonds. The lowest BCUT2D eigenvalue weighted by molar-refractivity contribution is -0.0672. The highest BCUT2D eigenvalue weighted by Crippen LogP contribution is 2.61. The average molecular weight is 401 g/mol. The fourth-order valence-electron chi connectivity index (χ4n) is 6.45. The van der Waals surface area contributed by atoms with Crippen molar-refractivity contribution in [2.24, 2.45) is 23.2 Å². The van der Waals surface area contributed by atoms with Crippen LogP contribution >= 0.6 is 12.2 Å². The van der Waals surface area contributed by atoms with Crippen LogP contribution in [0.15, 0.2) is 18.2 Å². The van der Waals surface area contributed by atoms with Gasteiger partial charge in [0.05, 0.1) is 0 Å². The van der Waals surface area contributed by atoms with E-state index in [-0.39, 0.29) is 11.9 Å². The van der Waals surface area contributed by atoms with Crippen LogP contribution in [0.2, 0.25) is 0 Å². The van der Waals surface area contributed by atoms with Crippen molar-refractivity contribution in [2.45, 2.75) is 51.5 Å². The molecule has 1 aliphatic heterocycles. The molecular weight excluding hydrogens is 372 g/mol. The van der Waals surface area contributed by atoms with Crippen molar-refractivity contribution in [3.8, 4) is 11.5 Å². The fourth-order valence-corrected chi connectivity index (χ4v) is 6.72. The Morgan fingerprint density at radius 3 is 2.32 bits per heavy atom. The van der Waals surface area contributed by atoms with Crippen molar-refractivity contribution in [3.05, 3.63) is 23.8 Å². The summed E-state index contributed by atoms with van der Waals surface area (Å²) >= 11 is 5.48. The molecule has 1 heterocycles. The molecule has 6 rings (SSSR count). The normalized spacial score (nSPS) is 33.2. The molecule has 0 radical (unpaired) electrons. The standard InChI is InChI=1S/C22H28N2O3S/c1-13(22-10-14-6-15(11-22)8-16(7-14)12-22)23-21(28)24-20(25)17-2-3-18-19(9-17)27-5-4-26-18/h2-3,9,13-16H,4-8,10-12H2,1H3,(H2,23,24,25,28)/t13-,14?,15?,16?,22?/m0/s1. The second-order valence-electron chi connectivity index (χ2n) is 9.29. The van der Waals surface area contributed by atoms with Crippen LogP contribution < -0.4 is 20.1 Å². The molecule has 0 unspecified atom stereocenters. The smallest absolute Gasteiger partial charge is 0.257 e. The Morgan fingerprint density at radius 2 is 1.68 bits per heavy atom. The third-order valence-corrected chi connectivity index (χ3v) is 7.60. The molecule has 5 nitrogen and oxygen atoms in total. The highest BCUT2D eigenvalue weighted by atomic mass is 32.1. The number of fused-ring (bicyclic) bond motifs is 1. The minimum absolute atomic E-state index is 0.216. The highest BCUT2D eigenvalue weighted by molar-refractivity contribution is 7.80. The van der Waals surface area contributed by atoms with Gasteiger partial charge in [0.2, 0.25) is 0 Å². The van der Waals surface area contributed by atoms with Crippen molar-refractivity contribution >= 4 is 23.2 Å². The van der Waals surface area contributed by atoms with E-state index in [0.29, 0.717) is 40.8 Å². The molecule has 4 saturated carbocycles. The van der Waals surface area contributed by atoms with E-state index in [0.717, 1.165) is 17.8 Å². The first-order chi connectivity index (χ1) is 13.5. The van der Waals surface area contributed by atoms with Gasteiger partial charge in [-0.2, -0.15) is 0 Å². The van der Waals surface area contributed by atoms with E-state index in [1.165, 1.54) is 38.5 Å². The van der Waals surface area contributed by atoms with Crippen molar-refractivity contribution in [1.82, 2.24) is 10.6 Å². The van der Waals surface area contributed by atoms with Gasteiger partial charge in [-0.25, -0.2) is 0 Å². The number of thiocarbonyl (C=S) groups is 1. The molecule has 6 heteroatoms. The minimum Gasteiger partial charge on any atom is -0.486 e. The van der Waals surface area contributed by atoms with Crippen LogP contribution in [0.1, 0.15) is 55.8 Å². The van der Waals surface area contributed by atoms with Crippen LogP contribution in [-0.2, 0) is 0 Å². The maximum absolute atomic E-state index is 12.6.